The van der Waals surface area contributed by atoms with Gasteiger partial charge in [-0.15, -0.1) is 13.2 Å². The predicted octanol–water partition coefficient (Wildman–Crippen LogP) is 1.74. The maximum Gasteiger partial charge on any atom is 0.270 e. The Bertz CT molecular complexity index is 660. The molecule has 9 nitrogen and oxygen atoms in total. The van der Waals surface area contributed by atoms with E-state index in [0.717, 1.165) is 6.21 Å². The third-order valence-corrected chi connectivity index (χ3v) is 2.83. The predicted molar refractivity (Wildman–Crippen MR) is 93.1 cm³/mol. The van der Waals surface area contributed by atoms with Crippen molar-refractivity contribution in [3.05, 3.63) is 59.7 Å². The number of rotatable bonds is 10. The van der Waals surface area contributed by atoms with Gasteiger partial charge in [0.1, 0.15) is 6.21 Å². The third-order valence-electron chi connectivity index (χ3n) is 2.83. The van der Waals surface area contributed by atoms with E-state index < -0.39 is 10.8 Å². The van der Waals surface area contributed by atoms with Crippen LogP contribution in [0.25, 0.3) is 0 Å². The van der Waals surface area contributed by atoms with Crippen molar-refractivity contribution >= 4 is 29.4 Å². The van der Waals surface area contributed by atoms with E-state index in [4.69, 9.17) is 4.84 Å². The number of hydrogen-bond acceptors (Lipinski definition) is 6. The molecule has 0 bridgehead atoms. The highest BCUT2D eigenvalue weighted by atomic mass is 16.6. The lowest BCUT2D eigenvalue weighted by Crippen LogP contribution is -2.33. The molecule has 0 unspecified atom stereocenters. The summed E-state index contributed by atoms with van der Waals surface area (Å²) in [7, 11) is 0. The molecule has 9 heteroatoms. The summed E-state index contributed by atoms with van der Waals surface area (Å²) < 4.78 is 0. The van der Waals surface area contributed by atoms with E-state index in [1.54, 1.807) is 12.2 Å². The van der Waals surface area contributed by atoms with Crippen LogP contribution in [-0.2, 0) is 14.4 Å². The highest BCUT2D eigenvalue weighted by Crippen LogP contribution is 2.14. The lowest BCUT2D eigenvalue weighted by atomic mass is 10.3. The Labute approximate surface area is 144 Å². The van der Waals surface area contributed by atoms with Crippen molar-refractivity contribution in [2.45, 2.75) is 0 Å². The van der Waals surface area contributed by atoms with Crippen LogP contribution >= 0.6 is 0 Å². The molecule has 1 aromatic carbocycles. The zero-order chi connectivity index (χ0) is 18.7. The number of oxime groups is 1. The summed E-state index contributed by atoms with van der Waals surface area (Å²) in [6, 6.07) is 5.29. The molecule has 25 heavy (non-hydrogen) atoms. The Morgan fingerprint density at radius 1 is 1.24 bits per heavy atom. The van der Waals surface area contributed by atoms with Crippen LogP contribution in [-0.4, -0.2) is 47.5 Å². The number of nitro benzene ring substituents is 1. The van der Waals surface area contributed by atoms with Crippen LogP contribution in [0, 0.1) is 10.1 Å². The first-order valence-corrected chi connectivity index (χ1v) is 7.18. The maximum absolute atomic E-state index is 11.8. The van der Waals surface area contributed by atoms with Gasteiger partial charge in [-0.05, 0) is 12.1 Å². The quantitative estimate of drug-likeness (QED) is 0.300. The number of hydrogen-bond donors (Lipinski definition) is 1. The van der Waals surface area contributed by atoms with Gasteiger partial charge in [-0.1, -0.05) is 17.3 Å². The van der Waals surface area contributed by atoms with Gasteiger partial charge in [0.2, 0.25) is 0 Å². The van der Waals surface area contributed by atoms with E-state index in [9.17, 15) is 19.7 Å². The fourth-order valence-corrected chi connectivity index (χ4v) is 1.70. The van der Waals surface area contributed by atoms with Crippen LogP contribution < -0.4 is 5.32 Å². The van der Waals surface area contributed by atoms with Crippen LogP contribution in [0.4, 0.5) is 11.4 Å². The van der Waals surface area contributed by atoms with Gasteiger partial charge in [0.25, 0.3) is 17.5 Å². The highest BCUT2D eigenvalue weighted by molar-refractivity contribution is 6.31. The average molecular weight is 346 g/mol. The molecule has 1 N–H and O–H groups in total. The first-order valence-electron chi connectivity index (χ1n) is 7.18. The molecular weight excluding hydrogens is 328 g/mol. The fourth-order valence-electron chi connectivity index (χ4n) is 1.70. The monoisotopic (exact) mass is 346 g/mol. The molecule has 1 rings (SSSR count). The van der Waals surface area contributed by atoms with Crippen molar-refractivity contribution in [3.63, 3.8) is 0 Å². The summed E-state index contributed by atoms with van der Waals surface area (Å²) in [6.45, 7) is 7.46. The Hall–Kier alpha value is -3.49. The summed E-state index contributed by atoms with van der Waals surface area (Å²) in [5.41, 5.74) is 0.276. The summed E-state index contributed by atoms with van der Waals surface area (Å²) >= 11 is 0. The van der Waals surface area contributed by atoms with E-state index in [2.05, 4.69) is 23.6 Å². The van der Waals surface area contributed by atoms with Gasteiger partial charge in [-0.2, -0.15) is 0 Å². The van der Waals surface area contributed by atoms with E-state index in [1.807, 2.05) is 0 Å². The molecule has 2 amide bonds. The molecule has 0 saturated carbocycles. The van der Waals surface area contributed by atoms with Crippen molar-refractivity contribution in [2.75, 3.05) is 25.0 Å². The molecule has 132 valence electrons. The lowest BCUT2D eigenvalue weighted by Gasteiger charge is -2.17. The van der Waals surface area contributed by atoms with Gasteiger partial charge in [-0.3, -0.25) is 19.7 Å². The van der Waals surface area contributed by atoms with Crippen molar-refractivity contribution in [3.8, 4) is 0 Å². The first kappa shape index (κ1) is 19.6. The second-order valence-corrected chi connectivity index (χ2v) is 4.68. The Kier molecular flexibility index (Phi) is 8.07. The Morgan fingerprint density at radius 3 is 2.36 bits per heavy atom. The number of carbonyl (C=O) groups is 2. The number of carbonyl (C=O) groups excluding carboxylic acids is 2. The Morgan fingerprint density at radius 2 is 1.84 bits per heavy atom. The van der Waals surface area contributed by atoms with Crippen molar-refractivity contribution in [1.29, 1.82) is 0 Å². The molecule has 0 atom stereocenters. The maximum atomic E-state index is 11.8. The standard InChI is InChI=1S/C16H18N4O5/c1-3-9-19(10-4-2)16(22)12-25-17-11-15(21)18-13-5-7-14(8-6-13)20(23)24/h3-8,11H,1-2,9-10,12H2,(H,18,21). The molecule has 1 aromatic rings. The van der Waals surface area contributed by atoms with Crippen LogP contribution in [0.3, 0.4) is 0 Å². The summed E-state index contributed by atoms with van der Waals surface area (Å²) in [4.78, 5) is 39.7. The van der Waals surface area contributed by atoms with Crippen LogP contribution in [0.1, 0.15) is 0 Å². The van der Waals surface area contributed by atoms with Crippen molar-refractivity contribution < 1.29 is 19.3 Å². The zero-order valence-electron chi connectivity index (χ0n) is 13.5. The normalized spacial score (nSPS) is 10.1. The van der Waals surface area contributed by atoms with Crippen LogP contribution in [0.2, 0.25) is 0 Å². The van der Waals surface area contributed by atoms with E-state index in [0.29, 0.717) is 18.8 Å². The molecule has 0 aliphatic rings. The molecule has 0 aliphatic heterocycles. The van der Waals surface area contributed by atoms with Gasteiger partial charge in [0.15, 0.2) is 6.61 Å². The van der Waals surface area contributed by atoms with E-state index in [-0.39, 0.29) is 18.2 Å². The van der Waals surface area contributed by atoms with Crippen LogP contribution in [0.5, 0.6) is 0 Å². The molecule has 0 radical (unpaired) electrons. The Balaban J connectivity index is 2.43. The average Bonchev–Trinajstić information content (AvgIpc) is 2.58. The molecule has 0 aliphatic carbocycles. The number of anilines is 1. The van der Waals surface area contributed by atoms with Gasteiger partial charge in [0, 0.05) is 30.9 Å². The second kappa shape index (κ2) is 10.3. The smallest absolute Gasteiger partial charge is 0.270 e. The highest BCUT2D eigenvalue weighted by Gasteiger charge is 2.11. The summed E-state index contributed by atoms with van der Waals surface area (Å²) in [5.74, 6) is -0.928. The summed E-state index contributed by atoms with van der Waals surface area (Å²) in [5, 5.41) is 16.4. The number of nitrogens with one attached hydrogen (secondary N) is 1. The summed E-state index contributed by atoms with van der Waals surface area (Å²) in [6.07, 6.45) is 4.00. The minimum atomic E-state index is -0.602. The van der Waals surface area contributed by atoms with Crippen LogP contribution in [0.15, 0.2) is 54.7 Å². The largest absolute Gasteiger partial charge is 0.386 e. The van der Waals surface area contributed by atoms with Gasteiger partial charge in [0.05, 0.1) is 4.92 Å². The second-order valence-electron chi connectivity index (χ2n) is 4.68. The van der Waals surface area contributed by atoms with Crippen molar-refractivity contribution in [2.24, 2.45) is 5.16 Å². The number of nitro groups is 1. The molecule has 0 spiro atoms. The zero-order valence-corrected chi connectivity index (χ0v) is 13.5. The number of non-ortho nitro benzene ring substituents is 1. The molecule has 0 heterocycles. The van der Waals surface area contributed by atoms with Crippen molar-refractivity contribution in [1.82, 2.24) is 4.90 Å². The topological polar surface area (TPSA) is 114 Å². The van der Waals surface area contributed by atoms with Gasteiger partial charge < -0.3 is 15.1 Å². The number of amides is 2. The minimum absolute atomic E-state index is 0.0860. The number of benzene rings is 1. The molecule has 0 aromatic heterocycles. The van der Waals surface area contributed by atoms with E-state index >= 15 is 0 Å². The van der Waals surface area contributed by atoms with Gasteiger partial charge >= 0.3 is 0 Å². The number of nitrogens with zero attached hydrogens (tertiary/aromatic N) is 3. The van der Waals surface area contributed by atoms with E-state index in [1.165, 1.54) is 29.2 Å². The minimum Gasteiger partial charge on any atom is -0.386 e. The molecule has 0 fully saturated rings. The molecule has 0 saturated heterocycles. The fraction of sp³-hybridized carbons (Fsp3) is 0.188. The first-order chi connectivity index (χ1) is 12.0. The molecular formula is C16H18N4O5. The van der Waals surface area contributed by atoms with Gasteiger partial charge in [-0.25, -0.2) is 0 Å². The third kappa shape index (κ3) is 7.08. The SMILES string of the molecule is C=CCN(CC=C)C(=O)CON=CC(=O)Nc1ccc([N+](=O)[O-])cc1. The lowest BCUT2D eigenvalue weighted by molar-refractivity contribution is -0.384.